The molecular weight excluding hydrogens is 268 g/mol. The molecule has 0 atom stereocenters. The molecule has 2 rings (SSSR count). The molecule has 3 N–H and O–H groups in total. The van der Waals surface area contributed by atoms with E-state index in [-0.39, 0.29) is 5.69 Å². The topological polar surface area (TPSA) is 99.4 Å². The molecule has 0 aliphatic heterocycles. The van der Waals surface area contributed by atoms with Crippen molar-refractivity contribution in [3.63, 3.8) is 0 Å². The third kappa shape index (κ3) is 2.91. The number of methoxy groups -OCH3 is 2. The van der Waals surface area contributed by atoms with Gasteiger partial charge in [-0.25, -0.2) is 0 Å². The first-order chi connectivity index (χ1) is 9.13. The Bertz CT molecular complexity index is 577. The Morgan fingerprint density at radius 1 is 1.26 bits per heavy atom. The highest BCUT2D eigenvalue weighted by Crippen LogP contribution is 2.29. The van der Waals surface area contributed by atoms with Gasteiger partial charge < -0.3 is 20.5 Å². The number of carbonyl (C=O) groups is 1. The van der Waals surface area contributed by atoms with Crippen LogP contribution in [0.1, 0.15) is 10.5 Å². The highest BCUT2D eigenvalue weighted by Gasteiger charge is 2.14. The smallest absolute Gasteiger partial charge is 0.272 e. The zero-order valence-electron chi connectivity index (χ0n) is 10.3. The lowest BCUT2D eigenvalue weighted by Crippen LogP contribution is -2.13. The number of nitrogens with two attached hydrogens (primary N) is 1. The number of amides is 1. The van der Waals surface area contributed by atoms with Gasteiger partial charge in [0.1, 0.15) is 16.5 Å². The third-order valence-electron chi connectivity index (χ3n) is 2.33. The first-order valence-corrected chi connectivity index (χ1v) is 6.03. The van der Waals surface area contributed by atoms with E-state index >= 15 is 0 Å². The van der Waals surface area contributed by atoms with Crippen LogP contribution >= 0.6 is 11.5 Å². The molecule has 0 fully saturated rings. The molecule has 7 nitrogen and oxygen atoms in total. The van der Waals surface area contributed by atoms with Crippen LogP contribution in [0.3, 0.4) is 0 Å². The average molecular weight is 280 g/mol. The van der Waals surface area contributed by atoms with E-state index < -0.39 is 5.91 Å². The van der Waals surface area contributed by atoms with Gasteiger partial charge in [0.25, 0.3) is 5.91 Å². The van der Waals surface area contributed by atoms with E-state index in [0.29, 0.717) is 22.2 Å². The number of rotatable bonds is 5. The second-order valence-corrected chi connectivity index (χ2v) is 4.30. The third-order valence-corrected chi connectivity index (χ3v) is 2.97. The van der Waals surface area contributed by atoms with Crippen LogP contribution in [-0.2, 0) is 0 Å². The van der Waals surface area contributed by atoms with Crippen molar-refractivity contribution >= 4 is 28.1 Å². The van der Waals surface area contributed by atoms with Crippen LogP contribution in [0.5, 0.6) is 11.5 Å². The van der Waals surface area contributed by atoms with Crippen molar-refractivity contribution in [2.24, 2.45) is 5.73 Å². The van der Waals surface area contributed by atoms with Crippen LogP contribution in [0.2, 0.25) is 0 Å². The maximum atomic E-state index is 11.2. The fourth-order valence-corrected chi connectivity index (χ4v) is 2.04. The molecule has 0 aliphatic rings. The number of ether oxygens (including phenoxy) is 2. The maximum absolute atomic E-state index is 11.2. The summed E-state index contributed by atoms with van der Waals surface area (Å²) in [4.78, 5) is 11.2. The van der Waals surface area contributed by atoms with Crippen molar-refractivity contribution in [3.05, 3.63) is 23.9 Å². The van der Waals surface area contributed by atoms with E-state index in [2.05, 4.69) is 14.9 Å². The van der Waals surface area contributed by atoms with Crippen LogP contribution in [0.25, 0.3) is 0 Å². The van der Waals surface area contributed by atoms with Crippen LogP contribution in [0, 0.1) is 0 Å². The number of hydrogen-bond donors (Lipinski definition) is 2. The molecule has 8 heteroatoms. The van der Waals surface area contributed by atoms with Crippen LogP contribution < -0.4 is 20.5 Å². The Kier molecular flexibility index (Phi) is 3.81. The molecular formula is C11H12N4O3S. The van der Waals surface area contributed by atoms with Gasteiger partial charge in [0.05, 0.1) is 14.2 Å². The molecule has 0 spiro atoms. The number of benzene rings is 1. The van der Waals surface area contributed by atoms with Crippen molar-refractivity contribution < 1.29 is 14.3 Å². The van der Waals surface area contributed by atoms with E-state index in [1.165, 1.54) is 0 Å². The number of nitrogens with one attached hydrogen (secondary N) is 1. The molecule has 0 saturated carbocycles. The molecule has 0 unspecified atom stereocenters. The van der Waals surface area contributed by atoms with Crippen molar-refractivity contribution in [2.45, 2.75) is 0 Å². The van der Waals surface area contributed by atoms with Gasteiger partial charge in [-0.1, -0.05) is 4.49 Å². The summed E-state index contributed by atoms with van der Waals surface area (Å²) in [6.07, 6.45) is 0. The summed E-state index contributed by atoms with van der Waals surface area (Å²) in [5, 5.41) is 7.16. The summed E-state index contributed by atoms with van der Waals surface area (Å²) in [5.74, 6) is 0.617. The largest absolute Gasteiger partial charge is 0.497 e. The number of anilines is 2. The molecule has 1 aromatic carbocycles. The summed E-state index contributed by atoms with van der Waals surface area (Å²) in [6.45, 7) is 0. The number of aromatic nitrogens is 2. The van der Waals surface area contributed by atoms with Crippen molar-refractivity contribution in [1.29, 1.82) is 0 Å². The van der Waals surface area contributed by atoms with E-state index in [9.17, 15) is 4.79 Å². The summed E-state index contributed by atoms with van der Waals surface area (Å²) < 4.78 is 14.0. The Morgan fingerprint density at radius 2 is 1.89 bits per heavy atom. The lowest BCUT2D eigenvalue weighted by Gasteiger charge is -2.09. The molecule has 2 aromatic rings. The van der Waals surface area contributed by atoms with Gasteiger partial charge in [0.2, 0.25) is 0 Å². The SMILES string of the molecule is COc1cc(Nc2snnc2C(N)=O)cc(OC)c1. The Hall–Kier alpha value is -2.35. The summed E-state index contributed by atoms with van der Waals surface area (Å²) in [7, 11) is 3.11. The van der Waals surface area contributed by atoms with Crippen LogP contribution in [0.15, 0.2) is 18.2 Å². The van der Waals surface area contributed by atoms with E-state index in [1.54, 1.807) is 32.4 Å². The minimum atomic E-state index is -0.633. The number of carbonyl (C=O) groups excluding carboxylic acids is 1. The molecule has 100 valence electrons. The predicted octanol–water partition coefficient (Wildman–Crippen LogP) is 1.40. The molecule has 0 aliphatic carbocycles. The van der Waals surface area contributed by atoms with Gasteiger partial charge in [0, 0.05) is 35.4 Å². The normalized spacial score (nSPS) is 10.0. The second-order valence-electron chi connectivity index (χ2n) is 3.54. The van der Waals surface area contributed by atoms with Crippen molar-refractivity contribution in [1.82, 2.24) is 9.59 Å². The summed E-state index contributed by atoms with van der Waals surface area (Å²) in [5.41, 5.74) is 5.99. The van der Waals surface area contributed by atoms with Crippen molar-refractivity contribution in [2.75, 3.05) is 19.5 Å². The monoisotopic (exact) mass is 280 g/mol. The Morgan fingerprint density at radius 3 is 2.42 bits per heavy atom. The average Bonchev–Trinajstić information content (AvgIpc) is 2.86. The fourth-order valence-electron chi connectivity index (χ4n) is 1.44. The quantitative estimate of drug-likeness (QED) is 0.858. The van der Waals surface area contributed by atoms with Gasteiger partial charge in [-0.2, -0.15) is 0 Å². The number of hydrogen-bond acceptors (Lipinski definition) is 7. The van der Waals surface area contributed by atoms with Gasteiger partial charge >= 0.3 is 0 Å². The first kappa shape index (κ1) is 13.1. The molecule has 0 radical (unpaired) electrons. The maximum Gasteiger partial charge on any atom is 0.272 e. The van der Waals surface area contributed by atoms with Crippen molar-refractivity contribution in [3.8, 4) is 11.5 Å². The number of nitrogens with zero attached hydrogens (tertiary/aromatic N) is 2. The lowest BCUT2D eigenvalue weighted by atomic mass is 10.2. The van der Waals surface area contributed by atoms with Crippen LogP contribution in [0.4, 0.5) is 10.7 Å². The number of primary amides is 1. The zero-order valence-corrected chi connectivity index (χ0v) is 11.2. The van der Waals surface area contributed by atoms with E-state index in [1.807, 2.05) is 0 Å². The molecule has 1 heterocycles. The van der Waals surface area contributed by atoms with E-state index in [0.717, 1.165) is 11.5 Å². The van der Waals surface area contributed by atoms with Gasteiger partial charge in [-0.15, -0.1) is 5.10 Å². The zero-order chi connectivity index (χ0) is 13.8. The Balaban J connectivity index is 2.32. The molecule has 0 bridgehead atoms. The standard InChI is InChI=1S/C11H12N4O3S/c1-17-7-3-6(4-8(5-7)18-2)13-11-9(10(12)16)14-15-19-11/h3-5,13H,1-2H3,(H2,12,16). The molecule has 1 aromatic heterocycles. The first-order valence-electron chi connectivity index (χ1n) is 5.26. The minimum absolute atomic E-state index is 0.104. The Labute approximate surface area is 113 Å². The second kappa shape index (κ2) is 5.53. The highest BCUT2D eigenvalue weighted by atomic mass is 32.1. The molecule has 19 heavy (non-hydrogen) atoms. The molecule has 1 amide bonds. The van der Waals surface area contributed by atoms with E-state index in [4.69, 9.17) is 15.2 Å². The fraction of sp³-hybridized carbons (Fsp3) is 0.182. The highest BCUT2D eigenvalue weighted by molar-refractivity contribution is 7.10. The van der Waals surface area contributed by atoms with Crippen LogP contribution in [-0.4, -0.2) is 29.7 Å². The molecule has 0 saturated heterocycles. The summed E-state index contributed by atoms with van der Waals surface area (Å²) >= 11 is 1.04. The lowest BCUT2D eigenvalue weighted by molar-refractivity contribution is 0.0996. The predicted molar refractivity (Wildman–Crippen MR) is 71.3 cm³/mol. The van der Waals surface area contributed by atoms with Gasteiger partial charge in [-0.3, -0.25) is 4.79 Å². The minimum Gasteiger partial charge on any atom is -0.497 e. The van der Waals surface area contributed by atoms with Gasteiger partial charge in [0.15, 0.2) is 5.69 Å². The van der Waals surface area contributed by atoms with Gasteiger partial charge in [-0.05, 0) is 0 Å². The summed E-state index contributed by atoms with van der Waals surface area (Å²) in [6, 6.07) is 5.26.